The molecule has 1 rings (SSSR count). The Balaban J connectivity index is 3.05. The summed E-state index contributed by atoms with van der Waals surface area (Å²) in [5.41, 5.74) is -0.465. The number of hydrogen-bond donors (Lipinski definition) is 1. The molecule has 5 heteroatoms. The van der Waals surface area contributed by atoms with Gasteiger partial charge >= 0.3 is 6.18 Å². The minimum Gasteiger partial charge on any atom is -0.395 e. The van der Waals surface area contributed by atoms with Crippen LogP contribution in [-0.4, -0.2) is 11.7 Å². The maximum absolute atomic E-state index is 12.5. The first-order valence-corrected chi connectivity index (χ1v) is 5.21. The Hall–Kier alpha value is -0.990. The van der Waals surface area contributed by atoms with Gasteiger partial charge in [-0.1, -0.05) is 27.8 Å². The first-order chi connectivity index (χ1) is 7.45. The molecule has 1 nitrogen and oxygen atoms in total. The summed E-state index contributed by atoms with van der Waals surface area (Å²) in [5, 5.41) is 8.48. The standard InChI is InChI=1S/C11H8BrF3O/c12-10-5-4-8(3-1-2-6-16)7-9(10)11(13,14)15/h4-5,7,16H,2,6H2. The number of hydrogen-bond acceptors (Lipinski definition) is 1. The lowest BCUT2D eigenvalue weighted by molar-refractivity contribution is -0.138. The molecule has 0 fully saturated rings. The van der Waals surface area contributed by atoms with Crippen molar-refractivity contribution in [1.82, 2.24) is 0 Å². The fourth-order valence-corrected chi connectivity index (χ4v) is 1.51. The van der Waals surface area contributed by atoms with Crippen LogP contribution in [0.5, 0.6) is 0 Å². The lowest BCUT2D eigenvalue weighted by Crippen LogP contribution is -2.06. The SMILES string of the molecule is OCCC#Cc1ccc(Br)c(C(F)(F)F)c1. The third-order valence-electron chi connectivity index (χ3n) is 1.74. The number of halogens is 4. The summed E-state index contributed by atoms with van der Waals surface area (Å²) < 4.78 is 37.5. The summed E-state index contributed by atoms with van der Waals surface area (Å²) in [6.07, 6.45) is -4.15. The quantitative estimate of drug-likeness (QED) is 0.788. The van der Waals surface area contributed by atoms with Gasteiger partial charge in [-0.2, -0.15) is 13.2 Å². The molecule has 0 bridgehead atoms. The second kappa shape index (κ2) is 5.37. The Morgan fingerprint density at radius 3 is 2.56 bits per heavy atom. The number of benzene rings is 1. The van der Waals surface area contributed by atoms with Crippen molar-refractivity contribution in [2.45, 2.75) is 12.6 Å². The molecule has 0 atom stereocenters. The number of aliphatic hydroxyl groups is 1. The van der Waals surface area contributed by atoms with Crippen LogP contribution in [0.1, 0.15) is 17.5 Å². The Kier molecular flexibility index (Phi) is 4.39. The van der Waals surface area contributed by atoms with Crippen molar-refractivity contribution in [3.8, 4) is 11.8 Å². The average molecular weight is 293 g/mol. The van der Waals surface area contributed by atoms with Crippen molar-refractivity contribution in [3.63, 3.8) is 0 Å². The highest BCUT2D eigenvalue weighted by molar-refractivity contribution is 9.10. The topological polar surface area (TPSA) is 20.2 Å². The minimum absolute atomic E-state index is 0.00675. The van der Waals surface area contributed by atoms with Crippen molar-refractivity contribution in [2.75, 3.05) is 6.61 Å². The first-order valence-electron chi connectivity index (χ1n) is 4.41. The molecule has 86 valence electrons. The second-order valence-electron chi connectivity index (χ2n) is 2.97. The first kappa shape index (κ1) is 13.1. The van der Waals surface area contributed by atoms with Crippen LogP contribution >= 0.6 is 15.9 Å². The highest BCUT2D eigenvalue weighted by Crippen LogP contribution is 2.35. The largest absolute Gasteiger partial charge is 0.417 e. The fourth-order valence-electron chi connectivity index (χ4n) is 1.04. The molecule has 0 aliphatic carbocycles. The molecule has 0 heterocycles. The van der Waals surface area contributed by atoms with Crippen LogP contribution in [0.3, 0.4) is 0 Å². The zero-order valence-corrected chi connectivity index (χ0v) is 9.69. The molecule has 0 saturated heterocycles. The third kappa shape index (κ3) is 3.54. The van der Waals surface area contributed by atoms with Gasteiger partial charge in [-0.25, -0.2) is 0 Å². The van der Waals surface area contributed by atoms with Crippen LogP contribution in [0, 0.1) is 11.8 Å². The van der Waals surface area contributed by atoms with E-state index in [1.165, 1.54) is 12.1 Å². The van der Waals surface area contributed by atoms with Crippen LogP contribution in [0.25, 0.3) is 0 Å². The van der Waals surface area contributed by atoms with Gasteiger partial charge < -0.3 is 5.11 Å². The van der Waals surface area contributed by atoms with E-state index in [1.54, 1.807) is 0 Å². The van der Waals surface area contributed by atoms with E-state index in [-0.39, 0.29) is 23.1 Å². The van der Waals surface area contributed by atoms with Gasteiger partial charge in [0.15, 0.2) is 0 Å². The van der Waals surface area contributed by atoms with Crippen molar-refractivity contribution in [1.29, 1.82) is 0 Å². The van der Waals surface area contributed by atoms with Gasteiger partial charge in [-0.15, -0.1) is 0 Å². The van der Waals surface area contributed by atoms with E-state index in [9.17, 15) is 13.2 Å². The van der Waals surface area contributed by atoms with E-state index >= 15 is 0 Å². The molecule has 0 saturated carbocycles. The third-order valence-corrected chi connectivity index (χ3v) is 2.43. The molecular formula is C11H8BrF3O. The molecule has 1 aromatic rings. The van der Waals surface area contributed by atoms with E-state index < -0.39 is 11.7 Å². The monoisotopic (exact) mass is 292 g/mol. The molecule has 0 aliphatic heterocycles. The average Bonchev–Trinajstić information content (AvgIpc) is 2.19. The fraction of sp³-hybridized carbons (Fsp3) is 0.273. The van der Waals surface area contributed by atoms with Crippen LogP contribution < -0.4 is 0 Å². The number of alkyl halides is 3. The summed E-state index contributed by atoms with van der Waals surface area (Å²) in [4.78, 5) is 0. The van der Waals surface area contributed by atoms with E-state index in [4.69, 9.17) is 5.11 Å². The normalized spacial score (nSPS) is 10.8. The summed E-state index contributed by atoms with van der Waals surface area (Å²) >= 11 is 2.84. The molecule has 0 unspecified atom stereocenters. The summed E-state index contributed by atoms with van der Waals surface area (Å²) in [6, 6.07) is 3.78. The smallest absolute Gasteiger partial charge is 0.395 e. The van der Waals surface area contributed by atoms with Gasteiger partial charge in [0.2, 0.25) is 0 Å². The molecule has 16 heavy (non-hydrogen) atoms. The molecule has 1 aromatic carbocycles. The van der Waals surface area contributed by atoms with Crippen molar-refractivity contribution < 1.29 is 18.3 Å². The van der Waals surface area contributed by atoms with Gasteiger partial charge in [0, 0.05) is 16.5 Å². The predicted molar refractivity (Wildman–Crippen MR) is 57.7 cm³/mol. The number of aliphatic hydroxyl groups excluding tert-OH is 1. The second-order valence-corrected chi connectivity index (χ2v) is 3.82. The lowest BCUT2D eigenvalue weighted by Gasteiger charge is -2.08. The Labute approximate surface area is 99.4 Å². The van der Waals surface area contributed by atoms with Crippen LogP contribution in [0.4, 0.5) is 13.2 Å². The van der Waals surface area contributed by atoms with Crippen LogP contribution in [-0.2, 0) is 6.18 Å². The van der Waals surface area contributed by atoms with Gasteiger partial charge in [0.25, 0.3) is 0 Å². The lowest BCUT2D eigenvalue weighted by atomic mass is 10.1. The summed E-state index contributed by atoms with van der Waals surface area (Å²) in [7, 11) is 0. The Morgan fingerprint density at radius 1 is 1.31 bits per heavy atom. The molecular weight excluding hydrogens is 285 g/mol. The highest BCUT2D eigenvalue weighted by Gasteiger charge is 2.32. The minimum atomic E-state index is -4.40. The molecule has 0 radical (unpaired) electrons. The molecule has 0 amide bonds. The van der Waals surface area contributed by atoms with Crippen LogP contribution in [0.15, 0.2) is 22.7 Å². The van der Waals surface area contributed by atoms with E-state index in [1.807, 2.05) is 0 Å². The predicted octanol–water partition coefficient (Wildman–Crippen LogP) is 3.20. The van der Waals surface area contributed by atoms with Crippen molar-refractivity contribution in [3.05, 3.63) is 33.8 Å². The van der Waals surface area contributed by atoms with Gasteiger partial charge in [-0.05, 0) is 18.2 Å². The summed E-state index contributed by atoms with van der Waals surface area (Å²) in [5.74, 6) is 5.12. The maximum atomic E-state index is 12.5. The molecule has 0 spiro atoms. The molecule has 0 aromatic heterocycles. The van der Waals surface area contributed by atoms with Crippen molar-refractivity contribution >= 4 is 15.9 Å². The highest BCUT2D eigenvalue weighted by atomic mass is 79.9. The molecule has 1 N–H and O–H groups in total. The van der Waals surface area contributed by atoms with Gasteiger partial charge in [0.1, 0.15) is 0 Å². The van der Waals surface area contributed by atoms with Gasteiger partial charge in [0.05, 0.1) is 12.2 Å². The van der Waals surface area contributed by atoms with Gasteiger partial charge in [-0.3, -0.25) is 0 Å². The van der Waals surface area contributed by atoms with Crippen molar-refractivity contribution in [2.24, 2.45) is 0 Å². The number of rotatable bonds is 1. The molecule has 0 aliphatic rings. The van der Waals surface area contributed by atoms with E-state index in [0.29, 0.717) is 0 Å². The zero-order valence-electron chi connectivity index (χ0n) is 8.11. The Bertz CT molecular complexity index is 429. The van der Waals surface area contributed by atoms with E-state index in [0.717, 1.165) is 6.07 Å². The zero-order chi connectivity index (χ0) is 12.2. The Morgan fingerprint density at radius 2 is 2.00 bits per heavy atom. The van der Waals surface area contributed by atoms with E-state index in [2.05, 4.69) is 27.8 Å². The summed E-state index contributed by atoms with van der Waals surface area (Å²) in [6.45, 7) is -0.102. The van der Waals surface area contributed by atoms with Crippen LogP contribution in [0.2, 0.25) is 0 Å². The maximum Gasteiger partial charge on any atom is 0.417 e.